The van der Waals surface area contributed by atoms with Gasteiger partial charge in [0.05, 0.1) is 0 Å². The monoisotopic (exact) mass is 239 g/mol. The van der Waals surface area contributed by atoms with E-state index in [1.165, 1.54) is 22.3 Å². The number of aromatic nitrogens is 1. The van der Waals surface area contributed by atoms with Crippen LogP contribution >= 0.6 is 0 Å². The first kappa shape index (κ1) is 12.8. The number of hydrogen-bond donors (Lipinski definition) is 0. The lowest BCUT2D eigenvalue weighted by Gasteiger charge is -2.19. The van der Waals surface area contributed by atoms with Crippen molar-refractivity contribution < 1.29 is 0 Å². The molecule has 0 spiro atoms. The Morgan fingerprint density at radius 2 is 1.89 bits per heavy atom. The molecule has 0 amide bonds. The molecule has 1 aromatic heterocycles. The average Bonchev–Trinajstić information content (AvgIpc) is 2.28. The van der Waals surface area contributed by atoms with E-state index in [0.29, 0.717) is 5.41 Å². The minimum absolute atomic E-state index is 0.336. The van der Waals surface area contributed by atoms with E-state index in [4.69, 9.17) is 0 Å². The van der Waals surface area contributed by atoms with Crippen LogP contribution in [-0.4, -0.2) is 4.98 Å². The van der Waals surface area contributed by atoms with E-state index in [1.54, 1.807) is 0 Å². The van der Waals surface area contributed by atoms with Gasteiger partial charge in [-0.1, -0.05) is 45.0 Å². The predicted octanol–water partition coefficient (Wildman–Crippen LogP) is 4.65. The molecule has 0 saturated carbocycles. The first-order chi connectivity index (χ1) is 8.46. The molecular weight excluding hydrogens is 218 g/mol. The van der Waals surface area contributed by atoms with Crippen LogP contribution in [0.4, 0.5) is 0 Å². The quantitative estimate of drug-likeness (QED) is 0.743. The van der Waals surface area contributed by atoms with Crippen molar-refractivity contribution in [3.63, 3.8) is 0 Å². The third-order valence-electron chi connectivity index (χ3n) is 3.00. The van der Waals surface area contributed by atoms with Gasteiger partial charge in [0.15, 0.2) is 0 Å². The van der Waals surface area contributed by atoms with E-state index < -0.39 is 0 Å². The number of nitrogens with zero attached hydrogens (tertiary/aromatic N) is 1. The van der Waals surface area contributed by atoms with Gasteiger partial charge < -0.3 is 0 Å². The molecule has 0 atom stereocenters. The Balaban J connectivity index is 2.32. The van der Waals surface area contributed by atoms with E-state index >= 15 is 0 Å². The fourth-order valence-electron chi connectivity index (χ4n) is 2.29. The van der Waals surface area contributed by atoms with Gasteiger partial charge >= 0.3 is 0 Å². The molecule has 0 fully saturated rings. The highest BCUT2D eigenvalue weighted by Gasteiger charge is 2.12. The van der Waals surface area contributed by atoms with Crippen molar-refractivity contribution in [2.75, 3.05) is 0 Å². The minimum Gasteiger partial charge on any atom is -0.264 e. The van der Waals surface area contributed by atoms with Crippen LogP contribution in [-0.2, 0) is 6.42 Å². The van der Waals surface area contributed by atoms with E-state index in [2.05, 4.69) is 56.9 Å². The van der Waals surface area contributed by atoms with Gasteiger partial charge in [-0.25, -0.2) is 0 Å². The zero-order valence-corrected chi connectivity index (χ0v) is 11.7. The molecule has 1 heterocycles. The fraction of sp³-hybridized carbons (Fsp3) is 0.353. The molecule has 1 heteroatoms. The van der Waals surface area contributed by atoms with Crippen molar-refractivity contribution in [2.24, 2.45) is 5.41 Å². The van der Waals surface area contributed by atoms with Crippen molar-refractivity contribution in [3.05, 3.63) is 53.9 Å². The van der Waals surface area contributed by atoms with Gasteiger partial charge in [-0.05, 0) is 41.5 Å². The van der Waals surface area contributed by atoms with Crippen LogP contribution in [0.15, 0.2) is 42.7 Å². The Labute approximate surface area is 110 Å². The van der Waals surface area contributed by atoms with E-state index in [1.807, 2.05) is 18.5 Å². The molecule has 0 N–H and O–H groups in total. The van der Waals surface area contributed by atoms with Crippen molar-refractivity contribution in [1.82, 2.24) is 4.98 Å². The Kier molecular flexibility index (Phi) is 3.51. The van der Waals surface area contributed by atoms with Crippen LogP contribution in [0.25, 0.3) is 11.1 Å². The number of benzene rings is 1. The van der Waals surface area contributed by atoms with Gasteiger partial charge in [-0.3, -0.25) is 4.98 Å². The van der Waals surface area contributed by atoms with Crippen LogP contribution < -0.4 is 0 Å². The number of aryl methyl sites for hydroxylation is 1. The van der Waals surface area contributed by atoms with E-state index in [-0.39, 0.29) is 0 Å². The summed E-state index contributed by atoms with van der Waals surface area (Å²) in [5.41, 5.74) is 5.54. The molecule has 18 heavy (non-hydrogen) atoms. The summed E-state index contributed by atoms with van der Waals surface area (Å²) in [6.07, 6.45) is 4.85. The van der Waals surface area contributed by atoms with Crippen molar-refractivity contribution in [1.29, 1.82) is 0 Å². The number of hydrogen-bond acceptors (Lipinski definition) is 1. The van der Waals surface area contributed by atoms with Gasteiger partial charge in [0.1, 0.15) is 0 Å². The summed E-state index contributed by atoms with van der Waals surface area (Å²) in [5, 5.41) is 0. The second kappa shape index (κ2) is 4.93. The lowest BCUT2D eigenvalue weighted by Crippen LogP contribution is -2.09. The molecule has 1 nitrogen and oxygen atoms in total. The standard InChI is InChI=1S/C17H21N/c1-13-10-14(11-17(2,3)4)7-8-16(13)15-6-5-9-18-12-15/h5-10,12H,11H2,1-4H3. The third-order valence-corrected chi connectivity index (χ3v) is 3.00. The SMILES string of the molecule is Cc1cc(CC(C)(C)C)ccc1-c1cccnc1. The second-order valence-electron chi connectivity index (χ2n) is 6.13. The summed E-state index contributed by atoms with van der Waals surface area (Å²) in [4.78, 5) is 4.18. The highest BCUT2D eigenvalue weighted by Crippen LogP contribution is 2.26. The fourth-order valence-corrected chi connectivity index (χ4v) is 2.29. The van der Waals surface area contributed by atoms with E-state index in [9.17, 15) is 0 Å². The largest absolute Gasteiger partial charge is 0.264 e. The second-order valence-corrected chi connectivity index (χ2v) is 6.13. The van der Waals surface area contributed by atoms with Crippen LogP contribution in [0.5, 0.6) is 0 Å². The van der Waals surface area contributed by atoms with Crippen LogP contribution in [0.2, 0.25) is 0 Å². The Bertz CT molecular complexity index is 521. The molecule has 2 aromatic rings. The summed E-state index contributed by atoms with van der Waals surface area (Å²) in [6.45, 7) is 9.00. The van der Waals surface area contributed by atoms with E-state index in [0.717, 1.165) is 6.42 Å². The summed E-state index contributed by atoms with van der Waals surface area (Å²) in [5.74, 6) is 0. The maximum atomic E-state index is 4.18. The van der Waals surface area contributed by atoms with Crippen molar-refractivity contribution in [2.45, 2.75) is 34.1 Å². The van der Waals surface area contributed by atoms with Crippen molar-refractivity contribution >= 4 is 0 Å². The highest BCUT2D eigenvalue weighted by atomic mass is 14.6. The molecule has 0 aliphatic heterocycles. The van der Waals surface area contributed by atoms with Crippen LogP contribution in [0.3, 0.4) is 0 Å². The predicted molar refractivity (Wildman–Crippen MR) is 77.6 cm³/mol. The lowest BCUT2D eigenvalue weighted by atomic mass is 9.87. The van der Waals surface area contributed by atoms with Crippen molar-refractivity contribution in [3.8, 4) is 11.1 Å². The molecule has 0 unspecified atom stereocenters. The van der Waals surface area contributed by atoms with Gasteiger partial charge in [0.25, 0.3) is 0 Å². The summed E-state index contributed by atoms with van der Waals surface area (Å²) in [6, 6.07) is 10.8. The summed E-state index contributed by atoms with van der Waals surface area (Å²) in [7, 11) is 0. The molecule has 94 valence electrons. The first-order valence-corrected chi connectivity index (χ1v) is 6.46. The van der Waals surface area contributed by atoms with Gasteiger partial charge in [0.2, 0.25) is 0 Å². The average molecular weight is 239 g/mol. The Morgan fingerprint density at radius 3 is 2.44 bits per heavy atom. The molecule has 2 rings (SSSR count). The molecular formula is C17H21N. The zero-order valence-electron chi connectivity index (χ0n) is 11.7. The topological polar surface area (TPSA) is 12.9 Å². The first-order valence-electron chi connectivity index (χ1n) is 6.46. The maximum absolute atomic E-state index is 4.18. The van der Waals surface area contributed by atoms with Crippen LogP contribution in [0, 0.1) is 12.3 Å². The highest BCUT2D eigenvalue weighted by molar-refractivity contribution is 5.66. The number of pyridine rings is 1. The number of rotatable bonds is 2. The normalized spacial score (nSPS) is 11.6. The van der Waals surface area contributed by atoms with Gasteiger partial charge in [-0.2, -0.15) is 0 Å². The molecule has 0 aliphatic carbocycles. The Hall–Kier alpha value is -1.63. The third kappa shape index (κ3) is 3.19. The molecule has 0 saturated heterocycles. The maximum Gasteiger partial charge on any atom is 0.0346 e. The lowest BCUT2D eigenvalue weighted by molar-refractivity contribution is 0.411. The molecule has 0 aliphatic rings. The van der Waals surface area contributed by atoms with Crippen LogP contribution in [0.1, 0.15) is 31.9 Å². The van der Waals surface area contributed by atoms with Gasteiger partial charge in [-0.15, -0.1) is 0 Å². The zero-order chi connectivity index (χ0) is 13.2. The van der Waals surface area contributed by atoms with Gasteiger partial charge in [0, 0.05) is 18.0 Å². The minimum atomic E-state index is 0.336. The summed E-state index contributed by atoms with van der Waals surface area (Å²) >= 11 is 0. The molecule has 0 radical (unpaired) electrons. The summed E-state index contributed by atoms with van der Waals surface area (Å²) < 4.78 is 0. The molecule has 1 aromatic carbocycles. The Morgan fingerprint density at radius 1 is 1.11 bits per heavy atom. The molecule has 0 bridgehead atoms. The smallest absolute Gasteiger partial charge is 0.0346 e.